The second-order valence-corrected chi connectivity index (χ2v) is 5.52. The van der Waals surface area contributed by atoms with Crippen LogP contribution in [0.4, 0.5) is 0 Å². The van der Waals surface area contributed by atoms with Gasteiger partial charge in [0.2, 0.25) is 0 Å². The summed E-state index contributed by atoms with van der Waals surface area (Å²) < 4.78 is 2.72. The Morgan fingerprint density at radius 2 is 2.33 bits per heavy atom. The topological polar surface area (TPSA) is 49.6 Å². The van der Waals surface area contributed by atoms with Crippen molar-refractivity contribution in [1.29, 1.82) is 0 Å². The van der Waals surface area contributed by atoms with Gasteiger partial charge in [-0.15, -0.1) is 0 Å². The Hall–Kier alpha value is -1.07. The molecule has 1 atom stereocenters. The molecule has 1 fully saturated rings. The van der Waals surface area contributed by atoms with Crippen molar-refractivity contribution in [1.82, 2.24) is 14.7 Å². The third-order valence-corrected chi connectivity index (χ3v) is 4.09. The van der Waals surface area contributed by atoms with Crippen molar-refractivity contribution in [2.24, 2.45) is 0 Å². The zero-order chi connectivity index (χ0) is 12.5. The van der Waals surface area contributed by atoms with Gasteiger partial charge in [0.1, 0.15) is 21.7 Å². The molecular weight excluding hydrogens is 294 g/mol. The third kappa shape index (κ3) is 2.01. The maximum atomic E-state index is 9.91. The van der Waals surface area contributed by atoms with Gasteiger partial charge in [0.25, 0.3) is 0 Å². The average Bonchev–Trinajstić information content (AvgIpc) is 2.56. The lowest BCUT2D eigenvalue weighted by atomic mass is 10.0. The predicted octanol–water partition coefficient (Wildman–Crippen LogP) is 2.66. The molecule has 1 unspecified atom stereocenters. The van der Waals surface area contributed by atoms with Crippen LogP contribution < -0.4 is 5.32 Å². The van der Waals surface area contributed by atoms with Crippen LogP contribution in [0.3, 0.4) is 0 Å². The van der Waals surface area contributed by atoms with Gasteiger partial charge in [-0.05, 0) is 47.4 Å². The number of hydrogen-bond acceptors (Lipinski definition) is 3. The maximum Gasteiger partial charge on any atom is 0.142 e. The Morgan fingerprint density at radius 3 is 3.22 bits per heavy atom. The first-order valence-electron chi connectivity index (χ1n) is 6.33. The molecule has 2 N–H and O–H groups in total. The van der Waals surface area contributed by atoms with Crippen LogP contribution in [0.2, 0.25) is 0 Å². The molecule has 1 aliphatic rings. The number of hydrogen-bond donors (Lipinski definition) is 2. The predicted molar refractivity (Wildman–Crippen MR) is 74.0 cm³/mol. The van der Waals surface area contributed by atoms with E-state index in [0.717, 1.165) is 35.5 Å². The van der Waals surface area contributed by atoms with Crippen LogP contribution in [0.1, 0.15) is 31.0 Å². The summed E-state index contributed by atoms with van der Waals surface area (Å²) in [6.45, 7) is 2.05. The number of rotatable bonds is 1. The highest BCUT2D eigenvalue weighted by Gasteiger charge is 2.21. The molecule has 2 aromatic heterocycles. The van der Waals surface area contributed by atoms with E-state index in [9.17, 15) is 5.11 Å². The summed E-state index contributed by atoms with van der Waals surface area (Å²) in [5.74, 6) is 1.71. The largest absolute Gasteiger partial charge is 0.506 e. The molecule has 0 amide bonds. The lowest BCUT2D eigenvalue weighted by molar-refractivity contribution is 0.478. The summed E-state index contributed by atoms with van der Waals surface area (Å²) in [5.41, 5.74) is 0.761. The van der Waals surface area contributed by atoms with E-state index in [0.29, 0.717) is 5.92 Å². The molecule has 0 saturated carbocycles. The van der Waals surface area contributed by atoms with E-state index >= 15 is 0 Å². The van der Waals surface area contributed by atoms with Gasteiger partial charge in [-0.2, -0.15) is 0 Å². The fourth-order valence-corrected chi connectivity index (χ4v) is 3.20. The number of nitrogens with one attached hydrogen (secondary N) is 1. The Kier molecular flexibility index (Phi) is 3.26. The minimum Gasteiger partial charge on any atom is -0.506 e. The number of halogens is 1. The minimum atomic E-state index is 0.268. The summed E-state index contributed by atoms with van der Waals surface area (Å²) in [6.07, 6.45) is 5.57. The molecule has 0 radical (unpaired) electrons. The molecule has 0 aliphatic carbocycles. The van der Waals surface area contributed by atoms with Crippen molar-refractivity contribution in [3.8, 4) is 5.75 Å². The fourth-order valence-electron chi connectivity index (χ4n) is 2.63. The Morgan fingerprint density at radius 1 is 1.44 bits per heavy atom. The second-order valence-electron chi connectivity index (χ2n) is 4.77. The van der Waals surface area contributed by atoms with Crippen molar-refractivity contribution in [3.63, 3.8) is 0 Å². The van der Waals surface area contributed by atoms with E-state index in [2.05, 4.69) is 26.2 Å². The molecular formula is C13H16BrN3O. The van der Waals surface area contributed by atoms with Gasteiger partial charge < -0.3 is 10.4 Å². The molecule has 3 rings (SSSR count). The normalized spacial score (nSPS) is 21.1. The van der Waals surface area contributed by atoms with Crippen LogP contribution in [0.25, 0.3) is 5.52 Å². The zero-order valence-corrected chi connectivity index (χ0v) is 11.7. The summed E-state index contributed by atoms with van der Waals surface area (Å²) in [6, 6.07) is 3.54. The van der Waals surface area contributed by atoms with Crippen LogP contribution in [0.15, 0.2) is 22.9 Å². The molecule has 1 saturated heterocycles. The molecule has 0 spiro atoms. The Labute approximate surface area is 114 Å². The van der Waals surface area contributed by atoms with E-state index in [-0.39, 0.29) is 5.75 Å². The van der Waals surface area contributed by atoms with E-state index in [4.69, 9.17) is 0 Å². The van der Waals surface area contributed by atoms with E-state index < -0.39 is 0 Å². The van der Waals surface area contributed by atoms with Crippen molar-refractivity contribution in [2.75, 3.05) is 13.1 Å². The number of fused-ring (bicyclic) bond motifs is 1. The second kappa shape index (κ2) is 4.90. The maximum absolute atomic E-state index is 9.91. The lowest BCUT2D eigenvalue weighted by Crippen LogP contribution is -2.20. The molecule has 96 valence electrons. The molecule has 5 heteroatoms. The standard InChI is InChI=1S/C13H16BrN3O/c14-12-11-10(18)5-3-7-17(11)13(16-12)9-4-1-2-6-15-8-9/h3,5,7,9,15,18H,1-2,4,6,8H2. The lowest BCUT2D eigenvalue weighted by Gasteiger charge is -2.13. The number of aromatic nitrogens is 2. The quantitative estimate of drug-likeness (QED) is 0.851. The first-order valence-corrected chi connectivity index (χ1v) is 7.13. The Bertz CT molecular complexity index is 559. The smallest absolute Gasteiger partial charge is 0.142 e. The summed E-state index contributed by atoms with van der Waals surface area (Å²) in [5, 5.41) is 13.4. The van der Waals surface area contributed by atoms with Crippen molar-refractivity contribution >= 4 is 21.4 Å². The van der Waals surface area contributed by atoms with E-state index in [1.165, 1.54) is 12.8 Å². The molecule has 4 nitrogen and oxygen atoms in total. The van der Waals surface area contributed by atoms with Gasteiger partial charge >= 0.3 is 0 Å². The minimum absolute atomic E-state index is 0.268. The van der Waals surface area contributed by atoms with Crippen molar-refractivity contribution in [3.05, 3.63) is 28.8 Å². The molecule has 2 aromatic rings. The fraction of sp³-hybridized carbons (Fsp3) is 0.462. The summed E-state index contributed by atoms with van der Waals surface area (Å²) >= 11 is 3.44. The zero-order valence-electron chi connectivity index (χ0n) is 10.1. The van der Waals surface area contributed by atoms with Crippen molar-refractivity contribution in [2.45, 2.75) is 25.2 Å². The molecule has 0 bridgehead atoms. The van der Waals surface area contributed by atoms with Gasteiger partial charge in [0.05, 0.1) is 0 Å². The first kappa shape index (κ1) is 12.0. The van der Waals surface area contributed by atoms with Crippen molar-refractivity contribution < 1.29 is 5.11 Å². The van der Waals surface area contributed by atoms with Gasteiger partial charge in [0.15, 0.2) is 0 Å². The van der Waals surface area contributed by atoms with E-state index in [1.54, 1.807) is 6.07 Å². The van der Waals surface area contributed by atoms with Crippen LogP contribution in [-0.4, -0.2) is 27.6 Å². The number of imidazole rings is 1. The number of pyridine rings is 1. The Balaban J connectivity index is 2.08. The molecule has 3 heterocycles. The SMILES string of the molecule is Oc1cccn2c(C3CCCCNC3)nc(Br)c12. The summed E-state index contributed by atoms with van der Waals surface area (Å²) in [7, 11) is 0. The highest BCUT2D eigenvalue weighted by atomic mass is 79.9. The van der Waals surface area contributed by atoms with Gasteiger partial charge in [0, 0.05) is 18.7 Å². The van der Waals surface area contributed by atoms with Gasteiger partial charge in [-0.1, -0.05) is 6.42 Å². The monoisotopic (exact) mass is 309 g/mol. The van der Waals surface area contributed by atoms with E-state index in [1.807, 2.05) is 16.7 Å². The number of nitrogens with zero attached hydrogens (tertiary/aromatic N) is 2. The highest BCUT2D eigenvalue weighted by Crippen LogP contribution is 2.31. The van der Waals surface area contributed by atoms with Crippen LogP contribution in [-0.2, 0) is 0 Å². The van der Waals surface area contributed by atoms with Crippen LogP contribution >= 0.6 is 15.9 Å². The van der Waals surface area contributed by atoms with Crippen LogP contribution in [0, 0.1) is 0 Å². The van der Waals surface area contributed by atoms with Gasteiger partial charge in [-0.25, -0.2) is 4.98 Å². The molecule has 1 aliphatic heterocycles. The third-order valence-electron chi connectivity index (χ3n) is 3.54. The van der Waals surface area contributed by atoms with Crippen LogP contribution in [0.5, 0.6) is 5.75 Å². The highest BCUT2D eigenvalue weighted by molar-refractivity contribution is 9.10. The summed E-state index contributed by atoms with van der Waals surface area (Å²) in [4.78, 5) is 4.60. The van der Waals surface area contributed by atoms with Gasteiger partial charge in [-0.3, -0.25) is 4.40 Å². The first-order chi connectivity index (χ1) is 8.77. The number of aromatic hydroxyl groups is 1. The average molecular weight is 310 g/mol. The molecule has 0 aromatic carbocycles. The molecule has 18 heavy (non-hydrogen) atoms.